The summed E-state index contributed by atoms with van der Waals surface area (Å²) < 4.78 is 15.5. The van der Waals surface area contributed by atoms with E-state index in [0.29, 0.717) is 11.7 Å². The van der Waals surface area contributed by atoms with Gasteiger partial charge >= 0.3 is 0 Å². The molecule has 0 radical (unpaired) electrons. The molecule has 2 aromatic rings. The second-order valence-corrected chi connectivity index (χ2v) is 5.82. The molecule has 0 amide bonds. The fourth-order valence-corrected chi connectivity index (χ4v) is 2.67. The van der Waals surface area contributed by atoms with Crippen molar-refractivity contribution in [3.8, 4) is 5.69 Å². The molecule has 1 aromatic heterocycles. The van der Waals surface area contributed by atoms with Gasteiger partial charge in [-0.25, -0.2) is 14.1 Å². The van der Waals surface area contributed by atoms with Crippen LogP contribution in [0.4, 0.5) is 10.1 Å². The number of rotatable bonds is 4. The minimum atomic E-state index is -0.291. The summed E-state index contributed by atoms with van der Waals surface area (Å²) in [6, 6.07) is 5.62. The lowest BCUT2D eigenvalue weighted by atomic mass is 9.73. The van der Waals surface area contributed by atoms with Gasteiger partial charge in [0.15, 0.2) is 5.82 Å². The van der Waals surface area contributed by atoms with Gasteiger partial charge in [0.1, 0.15) is 18.3 Å². The van der Waals surface area contributed by atoms with E-state index in [4.69, 9.17) is 0 Å². The van der Waals surface area contributed by atoms with Crippen LogP contribution >= 0.6 is 0 Å². The lowest BCUT2D eigenvalue weighted by Crippen LogP contribution is -2.37. The summed E-state index contributed by atoms with van der Waals surface area (Å²) in [6.07, 6.45) is 5.23. The summed E-state index contributed by atoms with van der Waals surface area (Å²) in [5.41, 5.74) is 1.25. The van der Waals surface area contributed by atoms with Crippen molar-refractivity contribution in [1.82, 2.24) is 14.8 Å². The minimum absolute atomic E-state index is 0.291. The Morgan fingerprint density at radius 1 is 1.35 bits per heavy atom. The van der Waals surface area contributed by atoms with E-state index in [2.05, 4.69) is 29.2 Å². The van der Waals surface area contributed by atoms with Crippen LogP contribution in [0, 0.1) is 17.7 Å². The molecule has 1 aliphatic rings. The van der Waals surface area contributed by atoms with Crippen LogP contribution in [0.25, 0.3) is 5.69 Å². The second-order valence-electron chi connectivity index (χ2n) is 5.82. The molecule has 0 unspecified atom stereocenters. The van der Waals surface area contributed by atoms with Crippen molar-refractivity contribution in [2.75, 3.05) is 5.32 Å². The maximum absolute atomic E-state index is 14.1. The van der Waals surface area contributed by atoms with Crippen LogP contribution in [0.5, 0.6) is 0 Å². The van der Waals surface area contributed by atoms with E-state index in [1.54, 1.807) is 6.07 Å². The molecule has 4 nitrogen and oxygen atoms in total. The zero-order chi connectivity index (χ0) is 14.1. The van der Waals surface area contributed by atoms with Gasteiger partial charge in [-0.05, 0) is 42.9 Å². The van der Waals surface area contributed by atoms with Crippen molar-refractivity contribution in [1.29, 1.82) is 0 Å². The number of anilines is 1. The third-order valence-electron chi connectivity index (χ3n) is 4.10. The van der Waals surface area contributed by atoms with Crippen LogP contribution in [0.2, 0.25) is 0 Å². The number of aromatic nitrogens is 3. The fourth-order valence-electron chi connectivity index (χ4n) is 2.67. The number of nitrogens with one attached hydrogen (secondary N) is 1. The molecule has 3 rings (SSSR count). The van der Waals surface area contributed by atoms with Gasteiger partial charge in [0, 0.05) is 11.7 Å². The third kappa shape index (κ3) is 2.53. The molecular formula is C15H19FN4. The highest BCUT2D eigenvalue weighted by atomic mass is 19.1. The molecule has 0 bridgehead atoms. The van der Waals surface area contributed by atoms with Gasteiger partial charge in [-0.2, -0.15) is 5.10 Å². The fraction of sp³-hybridized carbons (Fsp3) is 0.467. The van der Waals surface area contributed by atoms with E-state index in [0.717, 1.165) is 17.5 Å². The summed E-state index contributed by atoms with van der Waals surface area (Å²) >= 11 is 0. The Morgan fingerprint density at radius 3 is 2.75 bits per heavy atom. The Kier molecular flexibility index (Phi) is 3.42. The predicted octanol–water partition coefficient (Wildman–Crippen LogP) is 3.25. The van der Waals surface area contributed by atoms with Crippen molar-refractivity contribution in [2.24, 2.45) is 11.8 Å². The highest BCUT2D eigenvalue weighted by Gasteiger charge is 2.30. The third-order valence-corrected chi connectivity index (χ3v) is 4.10. The molecule has 0 saturated heterocycles. The van der Waals surface area contributed by atoms with E-state index in [1.807, 2.05) is 6.07 Å². The van der Waals surface area contributed by atoms with E-state index in [9.17, 15) is 4.39 Å². The average Bonchev–Trinajstić information content (AvgIpc) is 2.86. The van der Waals surface area contributed by atoms with Crippen molar-refractivity contribution in [2.45, 2.75) is 32.7 Å². The summed E-state index contributed by atoms with van der Waals surface area (Å²) in [4.78, 5) is 3.83. The number of hydrogen-bond acceptors (Lipinski definition) is 3. The topological polar surface area (TPSA) is 42.7 Å². The summed E-state index contributed by atoms with van der Waals surface area (Å²) in [7, 11) is 0. The minimum Gasteiger partial charge on any atom is -0.382 e. The van der Waals surface area contributed by atoms with E-state index < -0.39 is 0 Å². The first-order valence-corrected chi connectivity index (χ1v) is 7.04. The second kappa shape index (κ2) is 5.23. The first kappa shape index (κ1) is 13.1. The quantitative estimate of drug-likeness (QED) is 0.930. The SMILES string of the molecule is CC(C)C1CC(Nc2ccc(-n3cncn3)c(F)c2)C1. The average molecular weight is 274 g/mol. The van der Waals surface area contributed by atoms with Crippen LogP contribution < -0.4 is 5.32 Å². The zero-order valence-electron chi connectivity index (χ0n) is 11.8. The molecular weight excluding hydrogens is 255 g/mol. The molecule has 1 saturated carbocycles. The zero-order valence-corrected chi connectivity index (χ0v) is 11.8. The molecule has 1 fully saturated rings. The summed E-state index contributed by atoms with van der Waals surface area (Å²) in [5.74, 6) is 1.24. The monoisotopic (exact) mass is 274 g/mol. The Labute approximate surface area is 118 Å². The smallest absolute Gasteiger partial charge is 0.150 e. The van der Waals surface area contributed by atoms with Crippen molar-refractivity contribution in [3.05, 3.63) is 36.7 Å². The van der Waals surface area contributed by atoms with Crippen molar-refractivity contribution in [3.63, 3.8) is 0 Å². The number of nitrogens with zero attached hydrogens (tertiary/aromatic N) is 3. The molecule has 1 aromatic carbocycles. The Morgan fingerprint density at radius 2 is 2.15 bits per heavy atom. The van der Waals surface area contributed by atoms with Crippen LogP contribution in [0.1, 0.15) is 26.7 Å². The first-order valence-electron chi connectivity index (χ1n) is 7.04. The number of halogens is 1. The Bertz CT molecular complexity index is 574. The van der Waals surface area contributed by atoms with Gasteiger partial charge < -0.3 is 5.32 Å². The lowest BCUT2D eigenvalue weighted by Gasteiger charge is -2.39. The summed E-state index contributed by atoms with van der Waals surface area (Å²) in [6.45, 7) is 4.51. The van der Waals surface area contributed by atoms with E-state index in [-0.39, 0.29) is 5.82 Å². The van der Waals surface area contributed by atoms with Crippen LogP contribution in [0.3, 0.4) is 0 Å². The Hall–Kier alpha value is -1.91. The number of benzene rings is 1. The maximum Gasteiger partial charge on any atom is 0.150 e. The van der Waals surface area contributed by atoms with E-state index >= 15 is 0 Å². The standard InChI is InChI=1S/C15H19FN4/c1-10(2)11-5-13(6-11)19-12-3-4-15(14(16)7-12)20-9-17-8-18-20/h3-4,7-11,13,19H,5-6H2,1-2H3. The molecule has 0 aliphatic heterocycles. The molecule has 1 heterocycles. The molecule has 106 valence electrons. The van der Waals surface area contributed by atoms with Gasteiger partial charge in [-0.15, -0.1) is 0 Å². The highest BCUT2D eigenvalue weighted by Crippen LogP contribution is 2.35. The van der Waals surface area contributed by atoms with Crippen molar-refractivity contribution >= 4 is 5.69 Å². The van der Waals surface area contributed by atoms with Gasteiger partial charge in [-0.3, -0.25) is 0 Å². The molecule has 20 heavy (non-hydrogen) atoms. The molecule has 1 N–H and O–H groups in total. The van der Waals surface area contributed by atoms with Gasteiger partial charge in [0.2, 0.25) is 0 Å². The highest BCUT2D eigenvalue weighted by molar-refractivity contribution is 5.50. The van der Waals surface area contributed by atoms with Gasteiger partial charge in [0.25, 0.3) is 0 Å². The first-order chi connectivity index (χ1) is 9.63. The van der Waals surface area contributed by atoms with Crippen LogP contribution in [0.15, 0.2) is 30.9 Å². The lowest BCUT2D eigenvalue weighted by molar-refractivity contribution is 0.212. The summed E-state index contributed by atoms with van der Waals surface area (Å²) in [5, 5.41) is 7.33. The van der Waals surface area contributed by atoms with Gasteiger partial charge in [0.05, 0.1) is 0 Å². The maximum atomic E-state index is 14.1. The van der Waals surface area contributed by atoms with E-state index in [1.165, 1.54) is 36.2 Å². The number of hydrogen-bond donors (Lipinski definition) is 1. The van der Waals surface area contributed by atoms with Gasteiger partial charge in [-0.1, -0.05) is 13.8 Å². The predicted molar refractivity (Wildman–Crippen MR) is 76.3 cm³/mol. The molecule has 0 spiro atoms. The Balaban J connectivity index is 1.66. The largest absolute Gasteiger partial charge is 0.382 e. The molecule has 5 heteroatoms. The van der Waals surface area contributed by atoms with Crippen molar-refractivity contribution < 1.29 is 4.39 Å². The van der Waals surface area contributed by atoms with Crippen LogP contribution in [-0.2, 0) is 0 Å². The molecule has 0 atom stereocenters. The molecule has 1 aliphatic carbocycles. The van der Waals surface area contributed by atoms with Crippen LogP contribution in [-0.4, -0.2) is 20.8 Å². The normalized spacial score (nSPS) is 21.8.